The molecule has 1 N–H and O–H groups in total. The second kappa shape index (κ2) is 4.06. The van der Waals surface area contributed by atoms with E-state index in [4.69, 9.17) is 0 Å². The summed E-state index contributed by atoms with van der Waals surface area (Å²) in [5.74, 6) is 0.309. The first-order valence-electron chi connectivity index (χ1n) is 5.79. The quantitative estimate of drug-likeness (QED) is 0.851. The molecule has 2 aliphatic rings. The predicted molar refractivity (Wildman–Crippen MR) is 59.3 cm³/mol. The van der Waals surface area contributed by atoms with Crippen LogP contribution in [0.1, 0.15) is 17.8 Å². The molecule has 8 heteroatoms. The molecule has 18 heavy (non-hydrogen) atoms. The first-order valence-corrected chi connectivity index (χ1v) is 6.60. The van der Waals surface area contributed by atoms with Crippen LogP contribution in [0, 0.1) is 11.8 Å². The zero-order valence-electron chi connectivity index (χ0n) is 9.39. The van der Waals surface area contributed by atoms with E-state index in [1.807, 2.05) is 4.90 Å². The predicted octanol–water partition coefficient (Wildman–Crippen LogP) is 1.76. The minimum atomic E-state index is -4.43. The summed E-state index contributed by atoms with van der Waals surface area (Å²) >= 11 is 0.576. The molecule has 1 aliphatic carbocycles. The van der Waals surface area contributed by atoms with Gasteiger partial charge < -0.3 is 10.0 Å². The molecule has 1 aliphatic heterocycles. The lowest BCUT2D eigenvalue weighted by Gasteiger charge is -2.34. The Morgan fingerprint density at radius 2 is 1.78 bits per heavy atom. The van der Waals surface area contributed by atoms with Crippen molar-refractivity contribution in [2.24, 2.45) is 11.8 Å². The molecule has 3 atom stereocenters. The number of aliphatic hydroxyl groups excluding tert-OH is 1. The van der Waals surface area contributed by atoms with E-state index in [1.165, 1.54) is 0 Å². The van der Waals surface area contributed by atoms with E-state index in [9.17, 15) is 18.3 Å². The van der Waals surface area contributed by atoms with E-state index < -0.39 is 11.2 Å². The normalized spacial score (nSPS) is 32.0. The third-order valence-electron chi connectivity index (χ3n) is 3.71. The van der Waals surface area contributed by atoms with Crippen molar-refractivity contribution < 1.29 is 18.3 Å². The third kappa shape index (κ3) is 1.97. The number of rotatable bonds is 1. The summed E-state index contributed by atoms with van der Waals surface area (Å²) in [6, 6.07) is 0. The van der Waals surface area contributed by atoms with Crippen molar-refractivity contribution in [2.45, 2.75) is 25.1 Å². The second-order valence-corrected chi connectivity index (χ2v) is 5.84. The number of aliphatic hydroxyl groups is 1. The number of fused-ring (bicyclic) bond motifs is 2. The largest absolute Gasteiger partial charge is 0.445 e. The lowest BCUT2D eigenvalue weighted by atomic mass is 9.96. The molecule has 0 amide bonds. The van der Waals surface area contributed by atoms with Crippen LogP contribution in [-0.2, 0) is 6.18 Å². The van der Waals surface area contributed by atoms with Crippen molar-refractivity contribution in [3.05, 3.63) is 5.01 Å². The lowest BCUT2D eigenvalue weighted by Crippen LogP contribution is -2.44. The zero-order valence-corrected chi connectivity index (χ0v) is 10.2. The van der Waals surface area contributed by atoms with E-state index in [2.05, 4.69) is 10.2 Å². The van der Waals surface area contributed by atoms with Crippen molar-refractivity contribution in [3.8, 4) is 0 Å². The summed E-state index contributed by atoms with van der Waals surface area (Å²) in [7, 11) is 0. The molecular formula is C10H12F3N3OS. The van der Waals surface area contributed by atoms with Gasteiger partial charge in [0, 0.05) is 24.9 Å². The van der Waals surface area contributed by atoms with Gasteiger partial charge in [-0.25, -0.2) is 0 Å². The maximum atomic E-state index is 12.4. The molecule has 1 saturated heterocycles. The zero-order chi connectivity index (χ0) is 12.9. The Morgan fingerprint density at radius 3 is 2.28 bits per heavy atom. The van der Waals surface area contributed by atoms with Gasteiger partial charge in [-0.2, -0.15) is 13.2 Å². The van der Waals surface area contributed by atoms with Crippen LogP contribution in [0.3, 0.4) is 0 Å². The van der Waals surface area contributed by atoms with Crippen LogP contribution in [0.2, 0.25) is 0 Å². The average Bonchev–Trinajstić information content (AvgIpc) is 2.82. The molecule has 1 saturated carbocycles. The van der Waals surface area contributed by atoms with Gasteiger partial charge in [0.2, 0.25) is 10.1 Å². The minimum absolute atomic E-state index is 0.155. The number of piperidine rings is 1. The molecule has 3 rings (SSSR count). The highest BCUT2D eigenvalue weighted by Crippen LogP contribution is 2.40. The number of alkyl halides is 3. The number of aromatic nitrogens is 2. The first kappa shape index (κ1) is 12.2. The standard InChI is InChI=1S/C10H12F3N3OS/c11-10(12,13)8-14-15-9(18-8)16-3-5-1-2-6(4-16)7(5)17/h5-7,17H,1-4H2/t5-,6+,7?. The van der Waals surface area contributed by atoms with Gasteiger partial charge in [-0.1, -0.05) is 11.3 Å². The van der Waals surface area contributed by atoms with E-state index in [0.29, 0.717) is 29.6 Å². The van der Waals surface area contributed by atoms with Gasteiger partial charge in [-0.3, -0.25) is 0 Å². The van der Waals surface area contributed by atoms with Gasteiger partial charge in [-0.05, 0) is 12.8 Å². The van der Waals surface area contributed by atoms with Crippen LogP contribution in [0.4, 0.5) is 18.3 Å². The third-order valence-corrected chi connectivity index (χ3v) is 4.74. The molecule has 100 valence electrons. The second-order valence-electron chi connectivity index (χ2n) is 4.88. The molecule has 4 nitrogen and oxygen atoms in total. The van der Waals surface area contributed by atoms with Gasteiger partial charge in [0.1, 0.15) is 0 Å². The van der Waals surface area contributed by atoms with Crippen LogP contribution in [0.5, 0.6) is 0 Å². The number of nitrogens with zero attached hydrogens (tertiary/aromatic N) is 3. The van der Waals surface area contributed by atoms with Crippen molar-refractivity contribution in [1.29, 1.82) is 0 Å². The maximum absolute atomic E-state index is 12.4. The summed E-state index contributed by atoms with van der Waals surface area (Å²) in [6.45, 7) is 1.15. The van der Waals surface area contributed by atoms with E-state index >= 15 is 0 Å². The molecule has 0 aromatic carbocycles. The fraction of sp³-hybridized carbons (Fsp3) is 0.800. The monoisotopic (exact) mass is 279 g/mol. The number of anilines is 1. The summed E-state index contributed by atoms with van der Waals surface area (Å²) in [6.07, 6.45) is -2.86. The molecule has 1 aromatic heterocycles. The molecule has 0 radical (unpaired) electrons. The topological polar surface area (TPSA) is 49.2 Å². The number of halogens is 3. The highest BCUT2D eigenvalue weighted by atomic mass is 32.1. The van der Waals surface area contributed by atoms with Crippen molar-refractivity contribution in [2.75, 3.05) is 18.0 Å². The van der Waals surface area contributed by atoms with Crippen LogP contribution >= 0.6 is 11.3 Å². The average molecular weight is 279 g/mol. The van der Waals surface area contributed by atoms with E-state index in [0.717, 1.165) is 12.8 Å². The smallest absolute Gasteiger partial charge is 0.392 e. The molecule has 2 fully saturated rings. The number of hydrogen-bond donors (Lipinski definition) is 1. The summed E-state index contributed by atoms with van der Waals surface area (Å²) < 4.78 is 37.3. The van der Waals surface area contributed by atoms with Crippen LogP contribution in [0.25, 0.3) is 0 Å². The molecule has 2 heterocycles. The maximum Gasteiger partial charge on any atom is 0.445 e. The van der Waals surface area contributed by atoms with Crippen molar-refractivity contribution >= 4 is 16.5 Å². The summed E-state index contributed by atoms with van der Waals surface area (Å²) in [5.41, 5.74) is 0. The van der Waals surface area contributed by atoms with E-state index in [-0.39, 0.29) is 17.9 Å². The molecule has 1 unspecified atom stereocenters. The SMILES string of the molecule is OC1[C@@H]2CC[C@H]1CN(c1nnc(C(F)(F)F)s1)C2. The van der Waals surface area contributed by atoms with Crippen LogP contribution in [0.15, 0.2) is 0 Å². The first-order chi connectivity index (χ1) is 8.45. The van der Waals surface area contributed by atoms with Gasteiger partial charge in [0.15, 0.2) is 0 Å². The Morgan fingerprint density at radius 1 is 1.17 bits per heavy atom. The number of hydrogen-bond acceptors (Lipinski definition) is 5. The molecular weight excluding hydrogens is 267 g/mol. The molecule has 2 bridgehead atoms. The van der Waals surface area contributed by atoms with Gasteiger partial charge in [0.25, 0.3) is 0 Å². The summed E-state index contributed by atoms with van der Waals surface area (Å²) in [4.78, 5) is 1.82. The van der Waals surface area contributed by atoms with Gasteiger partial charge in [0.05, 0.1) is 6.10 Å². The Labute approximate surface area is 105 Å². The lowest BCUT2D eigenvalue weighted by molar-refractivity contribution is -0.138. The summed E-state index contributed by atoms with van der Waals surface area (Å²) in [5, 5.41) is 16.1. The molecule has 0 spiro atoms. The fourth-order valence-corrected chi connectivity index (χ4v) is 3.54. The van der Waals surface area contributed by atoms with Crippen molar-refractivity contribution in [1.82, 2.24) is 10.2 Å². The van der Waals surface area contributed by atoms with Gasteiger partial charge >= 0.3 is 6.18 Å². The Bertz CT molecular complexity index is 436. The van der Waals surface area contributed by atoms with E-state index in [1.54, 1.807) is 0 Å². The van der Waals surface area contributed by atoms with Crippen LogP contribution < -0.4 is 4.90 Å². The highest BCUT2D eigenvalue weighted by Gasteiger charge is 2.42. The Hall–Kier alpha value is -0.890. The minimum Gasteiger partial charge on any atom is -0.392 e. The van der Waals surface area contributed by atoms with Crippen LogP contribution in [-0.4, -0.2) is 34.5 Å². The Kier molecular flexibility index (Phi) is 2.74. The van der Waals surface area contributed by atoms with Gasteiger partial charge in [-0.15, -0.1) is 10.2 Å². The fourth-order valence-electron chi connectivity index (χ4n) is 2.81. The van der Waals surface area contributed by atoms with Crippen molar-refractivity contribution in [3.63, 3.8) is 0 Å². The molecule has 1 aromatic rings. The Balaban J connectivity index is 1.78. The highest BCUT2D eigenvalue weighted by molar-refractivity contribution is 7.15.